The van der Waals surface area contributed by atoms with Gasteiger partial charge in [-0.25, -0.2) is 4.98 Å². The predicted molar refractivity (Wildman–Crippen MR) is 160 cm³/mol. The zero-order chi connectivity index (χ0) is 27.9. The van der Waals surface area contributed by atoms with Crippen LogP contribution in [0.4, 0.5) is 5.82 Å². The first kappa shape index (κ1) is 34.6. The van der Waals surface area contributed by atoms with Gasteiger partial charge in [-0.15, -0.1) is 24.8 Å². The second kappa shape index (κ2) is 15.4. The van der Waals surface area contributed by atoms with Crippen LogP contribution in [-0.4, -0.2) is 64.5 Å². The molecular formula is C28H38Cl2N6O4. The standard InChI is InChI=1S/C28H36N6O4.2ClH/c1-19-11-13-21(14-12-19)24(26(36)33(4)5)34-15-23(30-18-34)32-25(35)22(31-27(37)28(2,3)29)17-38-16-20-9-7-6-8-10-20;;/h6-15,18,22,24H,16-17,29H2,1-5H3,(H,31,37)(H,32,35);2*1H/t22-,24?;;/m1../s1. The van der Waals surface area contributed by atoms with Gasteiger partial charge in [-0.1, -0.05) is 60.2 Å². The monoisotopic (exact) mass is 592 g/mol. The second-order valence-electron chi connectivity index (χ2n) is 9.99. The molecule has 3 amide bonds. The van der Waals surface area contributed by atoms with E-state index in [0.29, 0.717) is 0 Å². The van der Waals surface area contributed by atoms with Crippen molar-refractivity contribution in [2.75, 3.05) is 26.0 Å². The van der Waals surface area contributed by atoms with Crippen LogP contribution in [0.1, 0.15) is 36.6 Å². The molecule has 3 rings (SSSR count). The van der Waals surface area contributed by atoms with E-state index in [1.807, 2.05) is 61.5 Å². The lowest BCUT2D eigenvalue weighted by atomic mass is 10.0. The number of nitrogens with zero attached hydrogens (tertiary/aromatic N) is 3. The number of hydrogen-bond acceptors (Lipinski definition) is 6. The van der Waals surface area contributed by atoms with E-state index in [-0.39, 0.29) is 49.8 Å². The Morgan fingerprint density at radius 2 is 1.68 bits per heavy atom. The Morgan fingerprint density at radius 1 is 1.05 bits per heavy atom. The van der Waals surface area contributed by atoms with Crippen LogP contribution in [0.2, 0.25) is 0 Å². The minimum atomic E-state index is -1.19. The fourth-order valence-corrected chi connectivity index (χ4v) is 3.59. The molecule has 40 heavy (non-hydrogen) atoms. The normalized spacial score (nSPS) is 12.2. The number of likely N-dealkylation sites (N-methyl/N-ethyl adjacent to an activating group) is 1. The van der Waals surface area contributed by atoms with Crippen LogP contribution in [0.5, 0.6) is 0 Å². The van der Waals surface area contributed by atoms with Crippen molar-refractivity contribution < 1.29 is 19.1 Å². The van der Waals surface area contributed by atoms with E-state index in [9.17, 15) is 14.4 Å². The molecule has 218 valence electrons. The van der Waals surface area contributed by atoms with E-state index in [2.05, 4.69) is 15.6 Å². The molecule has 3 aromatic rings. The number of ether oxygens (including phenoxy) is 1. The van der Waals surface area contributed by atoms with Gasteiger partial charge in [0.2, 0.25) is 11.8 Å². The number of nitrogens with two attached hydrogens (primary N) is 1. The van der Waals surface area contributed by atoms with Gasteiger partial charge in [-0.2, -0.15) is 0 Å². The third kappa shape index (κ3) is 9.63. The summed E-state index contributed by atoms with van der Waals surface area (Å²) in [6, 6.07) is 15.5. The van der Waals surface area contributed by atoms with Crippen molar-refractivity contribution in [3.63, 3.8) is 0 Å². The maximum atomic E-state index is 13.2. The molecule has 12 heteroatoms. The molecule has 1 aromatic heterocycles. The predicted octanol–water partition coefficient (Wildman–Crippen LogP) is 3.09. The van der Waals surface area contributed by atoms with Crippen molar-refractivity contribution in [2.45, 2.75) is 45.0 Å². The average molecular weight is 594 g/mol. The van der Waals surface area contributed by atoms with Crippen LogP contribution in [0, 0.1) is 6.92 Å². The highest BCUT2D eigenvalue weighted by Gasteiger charge is 2.29. The van der Waals surface area contributed by atoms with E-state index >= 15 is 0 Å². The Balaban J connectivity index is 0.00000400. The summed E-state index contributed by atoms with van der Waals surface area (Å²) in [5, 5.41) is 5.38. The molecule has 0 aliphatic heterocycles. The van der Waals surface area contributed by atoms with Crippen molar-refractivity contribution in [3.05, 3.63) is 83.8 Å². The van der Waals surface area contributed by atoms with Crippen molar-refractivity contribution >= 4 is 48.4 Å². The minimum absolute atomic E-state index is 0. The number of carbonyl (C=O) groups excluding carboxylic acids is 3. The quantitative estimate of drug-likeness (QED) is 0.313. The lowest BCUT2D eigenvalue weighted by molar-refractivity contribution is -0.131. The van der Waals surface area contributed by atoms with Gasteiger partial charge < -0.3 is 30.6 Å². The number of halogens is 2. The first-order valence-corrected chi connectivity index (χ1v) is 12.3. The molecule has 2 aromatic carbocycles. The van der Waals surface area contributed by atoms with Gasteiger partial charge in [-0.05, 0) is 31.9 Å². The summed E-state index contributed by atoms with van der Waals surface area (Å²) in [7, 11) is 3.37. The number of aryl methyl sites for hydroxylation is 1. The Hall–Kier alpha value is -3.44. The van der Waals surface area contributed by atoms with Gasteiger partial charge in [0.25, 0.3) is 5.91 Å². The number of benzene rings is 2. The van der Waals surface area contributed by atoms with Gasteiger partial charge in [0.15, 0.2) is 5.82 Å². The smallest absolute Gasteiger partial charge is 0.250 e. The van der Waals surface area contributed by atoms with Crippen molar-refractivity contribution in [1.29, 1.82) is 0 Å². The van der Waals surface area contributed by atoms with E-state index in [0.717, 1.165) is 16.7 Å². The molecular weight excluding hydrogens is 555 g/mol. The molecule has 0 fully saturated rings. The molecule has 4 N–H and O–H groups in total. The Labute approximate surface area is 247 Å². The molecule has 0 saturated heterocycles. The van der Waals surface area contributed by atoms with Crippen LogP contribution in [0.3, 0.4) is 0 Å². The molecule has 0 aliphatic carbocycles. The number of nitrogens with one attached hydrogen (secondary N) is 2. The highest BCUT2D eigenvalue weighted by molar-refractivity contribution is 5.98. The topological polar surface area (TPSA) is 132 Å². The summed E-state index contributed by atoms with van der Waals surface area (Å²) in [4.78, 5) is 44.5. The summed E-state index contributed by atoms with van der Waals surface area (Å²) >= 11 is 0. The number of amides is 3. The fraction of sp³-hybridized carbons (Fsp3) is 0.357. The van der Waals surface area contributed by atoms with Crippen molar-refractivity contribution in [3.8, 4) is 0 Å². The van der Waals surface area contributed by atoms with Gasteiger partial charge in [0.05, 0.1) is 25.1 Å². The number of anilines is 1. The Morgan fingerprint density at radius 3 is 2.25 bits per heavy atom. The van der Waals surface area contributed by atoms with Crippen molar-refractivity contribution in [2.24, 2.45) is 5.73 Å². The SMILES string of the molecule is Cc1ccc(C(C(=O)N(C)C)n2cnc(NC(=O)[C@@H](COCc3ccccc3)NC(=O)C(C)(C)N)c2)cc1.Cl.Cl. The van der Waals surface area contributed by atoms with Crippen LogP contribution in [-0.2, 0) is 25.7 Å². The van der Waals surface area contributed by atoms with Crippen LogP contribution in [0.25, 0.3) is 0 Å². The molecule has 1 unspecified atom stereocenters. The van der Waals surface area contributed by atoms with E-state index in [1.54, 1.807) is 38.7 Å². The highest BCUT2D eigenvalue weighted by atomic mass is 35.5. The Kier molecular flexibility index (Phi) is 13.3. The lowest BCUT2D eigenvalue weighted by Crippen LogP contribution is -2.56. The first-order chi connectivity index (χ1) is 18.0. The number of carbonyl (C=O) groups is 3. The van der Waals surface area contributed by atoms with E-state index in [1.165, 1.54) is 11.2 Å². The summed E-state index contributed by atoms with van der Waals surface area (Å²) < 4.78 is 7.37. The molecule has 0 radical (unpaired) electrons. The third-order valence-corrected chi connectivity index (χ3v) is 5.82. The maximum absolute atomic E-state index is 13.2. The van der Waals surface area contributed by atoms with Crippen LogP contribution in [0.15, 0.2) is 67.1 Å². The highest BCUT2D eigenvalue weighted by Crippen LogP contribution is 2.22. The number of rotatable bonds is 11. The number of hydrogen-bond donors (Lipinski definition) is 3. The van der Waals surface area contributed by atoms with E-state index in [4.69, 9.17) is 10.5 Å². The molecule has 0 bridgehead atoms. The summed E-state index contributed by atoms with van der Waals surface area (Å²) in [5.41, 5.74) is 7.53. The minimum Gasteiger partial charge on any atom is -0.374 e. The molecule has 0 saturated carbocycles. The van der Waals surface area contributed by atoms with Crippen LogP contribution < -0.4 is 16.4 Å². The summed E-state index contributed by atoms with van der Waals surface area (Å²) in [6.07, 6.45) is 3.07. The summed E-state index contributed by atoms with van der Waals surface area (Å²) in [5.74, 6) is -0.934. The number of imidazole rings is 1. The van der Waals surface area contributed by atoms with Gasteiger partial charge in [-0.3, -0.25) is 14.4 Å². The maximum Gasteiger partial charge on any atom is 0.250 e. The molecule has 10 nitrogen and oxygen atoms in total. The Bertz CT molecular complexity index is 1240. The first-order valence-electron chi connectivity index (χ1n) is 12.3. The number of aromatic nitrogens is 2. The van der Waals surface area contributed by atoms with Gasteiger partial charge in [0.1, 0.15) is 12.1 Å². The second-order valence-corrected chi connectivity index (χ2v) is 9.99. The van der Waals surface area contributed by atoms with Gasteiger partial charge >= 0.3 is 0 Å². The van der Waals surface area contributed by atoms with Crippen LogP contribution >= 0.6 is 24.8 Å². The molecule has 2 atom stereocenters. The lowest BCUT2D eigenvalue weighted by Gasteiger charge is -2.23. The zero-order valence-electron chi connectivity index (χ0n) is 23.3. The fourth-order valence-electron chi connectivity index (χ4n) is 3.59. The van der Waals surface area contributed by atoms with E-state index < -0.39 is 29.4 Å². The largest absolute Gasteiger partial charge is 0.374 e. The van der Waals surface area contributed by atoms with Gasteiger partial charge in [0, 0.05) is 20.3 Å². The average Bonchev–Trinajstić information content (AvgIpc) is 3.32. The van der Waals surface area contributed by atoms with Crippen molar-refractivity contribution in [1.82, 2.24) is 19.8 Å². The third-order valence-electron chi connectivity index (χ3n) is 5.82. The molecule has 0 aliphatic rings. The summed E-state index contributed by atoms with van der Waals surface area (Å²) in [6.45, 7) is 5.27. The zero-order valence-corrected chi connectivity index (χ0v) is 24.9. The molecule has 1 heterocycles. The molecule has 0 spiro atoms.